The molecule has 0 amide bonds. The monoisotopic (exact) mass is 372 g/mol. The predicted octanol–water partition coefficient (Wildman–Crippen LogP) is 3.84. The van der Waals surface area contributed by atoms with Gasteiger partial charge in [0.05, 0.1) is 19.9 Å². The van der Waals surface area contributed by atoms with Crippen molar-refractivity contribution in [1.82, 2.24) is 15.6 Å². The van der Waals surface area contributed by atoms with Crippen molar-refractivity contribution in [3.8, 4) is 5.75 Å². The average molecular weight is 373 g/mol. The lowest BCUT2D eigenvalue weighted by atomic mass is 9.94. The van der Waals surface area contributed by atoms with Crippen molar-refractivity contribution in [2.75, 3.05) is 20.7 Å². The largest absolute Gasteiger partial charge is 0.497 e. The predicted molar refractivity (Wildman–Crippen MR) is 109 cm³/mol. The van der Waals surface area contributed by atoms with Crippen LogP contribution in [0.15, 0.2) is 39.9 Å². The van der Waals surface area contributed by atoms with Gasteiger partial charge in [0, 0.05) is 19.0 Å². The molecule has 0 fully saturated rings. The molecule has 0 aliphatic carbocycles. The summed E-state index contributed by atoms with van der Waals surface area (Å²) >= 11 is 0. The van der Waals surface area contributed by atoms with E-state index in [1.54, 1.807) is 20.4 Å². The van der Waals surface area contributed by atoms with Crippen molar-refractivity contribution in [2.24, 2.45) is 4.99 Å². The van der Waals surface area contributed by atoms with Crippen molar-refractivity contribution >= 4 is 5.96 Å². The van der Waals surface area contributed by atoms with Gasteiger partial charge in [-0.3, -0.25) is 4.99 Å². The Morgan fingerprint density at radius 2 is 1.93 bits per heavy atom. The van der Waals surface area contributed by atoms with Gasteiger partial charge in [-0.05, 0) is 30.0 Å². The van der Waals surface area contributed by atoms with Gasteiger partial charge in [0.15, 0.2) is 5.96 Å². The van der Waals surface area contributed by atoms with Crippen LogP contribution in [0, 0.1) is 0 Å². The number of hydrogen-bond donors (Lipinski definition) is 2. The number of guanidine groups is 1. The van der Waals surface area contributed by atoms with Gasteiger partial charge < -0.3 is 19.8 Å². The van der Waals surface area contributed by atoms with Crippen LogP contribution in [0.3, 0.4) is 0 Å². The van der Waals surface area contributed by atoms with Gasteiger partial charge in [-0.2, -0.15) is 0 Å². The molecule has 0 saturated heterocycles. The van der Waals surface area contributed by atoms with E-state index in [0.29, 0.717) is 18.4 Å². The van der Waals surface area contributed by atoms with Crippen molar-refractivity contribution in [3.63, 3.8) is 0 Å². The second kappa shape index (κ2) is 9.44. The molecule has 1 aromatic carbocycles. The van der Waals surface area contributed by atoms with Crippen LogP contribution in [0.25, 0.3) is 0 Å². The number of methoxy groups -OCH3 is 1. The fourth-order valence-electron chi connectivity index (χ4n) is 2.62. The number of ether oxygens (including phenoxy) is 1. The third-order valence-electron chi connectivity index (χ3n) is 4.48. The molecule has 0 bridgehead atoms. The van der Waals surface area contributed by atoms with E-state index in [-0.39, 0.29) is 5.41 Å². The van der Waals surface area contributed by atoms with Gasteiger partial charge in [0.2, 0.25) is 5.89 Å². The minimum Gasteiger partial charge on any atom is -0.497 e. The molecule has 2 N–H and O–H groups in total. The molecular weight excluding hydrogens is 340 g/mol. The van der Waals surface area contributed by atoms with Gasteiger partial charge in [0.25, 0.3) is 0 Å². The van der Waals surface area contributed by atoms with E-state index >= 15 is 0 Å². The normalized spacial score (nSPS) is 13.3. The summed E-state index contributed by atoms with van der Waals surface area (Å²) in [5.74, 6) is 3.62. The molecule has 0 saturated carbocycles. The highest BCUT2D eigenvalue weighted by atomic mass is 16.5. The SMILES string of the molecule is CN=C(NCCC(C)c1ccc(OC)cc1)NCc1ncc(C(C)(C)C)o1. The minimum absolute atomic E-state index is 0.0389. The Balaban J connectivity index is 1.77. The first-order valence-corrected chi connectivity index (χ1v) is 9.37. The van der Waals surface area contributed by atoms with Gasteiger partial charge >= 0.3 is 0 Å². The Morgan fingerprint density at radius 3 is 2.48 bits per heavy atom. The van der Waals surface area contributed by atoms with Gasteiger partial charge in [0.1, 0.15) is 11.5 Å². The molecule has 1 aromatic heterocycles. The third kappa shape index (κ3) is 6.31. The first kappa shape index (κ1) is 20.8. The zero-order valence-corrected chi connectivity index (χ0v) is 17.3. The van der Waals surface area contributed by atoms with E-state index in [0.717, 1.165) is 30.4 Å². The molecule has 0 radical (unpaired) electrons. The summed E-state index contributed by atoms with van der Waals surface area (Å²) in [7, 11) is 3.45. The van der Waals surface area contributed by atoms with Crippen LogP contribution in [0.2, 0.25) is 0 Å². The van der Waals surface area contributed by atoms with Gasteiger partial charge in [-0.1, -0.05) is 39.8 Å². The Bertz CT molecular complexity index is 729. The number of oxazole rings is 1. The molecule has 2 rings (SSSR count). The van der Waals surface area contributed by atoms with E-state index in [2.05, 4.69) is 60.4 Å². The molecule has 0 spiro atoms. The Kier molecular flexibility index (Phi) is 7.28. The number of hydrogen-bond acceptors (Lipinski definition) is 4. The first-order chi connectivity index (χ1) is 12.8. The zero-order valence-electron chi connectivity index (χ0n) is 17.3. The second-order valence-electron chi connectivity index (χ2n) is 7.68. The number of benzene rings is 1. The first-order valence-electron chi connectivity index (χ1n) is 9.37. The minimum atomic E-state index is -0.0389. The van der Waals surface area contributed by atoms with Crippen molar-refractivity contribution in [3.05, 3.63) is 47.7 Å². The van der Waals surface area contributed by atoms with Gasteiger partial charge in [-0.25, -0.2) is 4.98 Å². The molecule has 1 atom stereocenters. The van der Waals surface area contributed by atoms with Crippen molar-refractivity contribution in [2.45, 2.75) is 52.0 Å². The van der Waals surface area contributed by atoms with E-state index in [4.69, 9.17) is 9.15 Å². The summed E-state index contributed by atoms with van der Waals surface area (Å²) < 4.78 is 11.0. The number of nitrogens with one attached hydrogen (secondary N) is 2. The van der Waals surface area contributed by atoms with Gasteiger partial charge in [-0.15, -0.1) is 0 Å². The zero-order chi connectivity index (χ0) is 19.9. The number of nitrogens with zero attached hydrogens (tertiary/aromatic N) is 2. The molecule has 27 heavy (non-hydrogen) atoms. The fourth-order valence-corrected chi connectivity index (χ4v) is 2.62. The molecule has 148 valence electrons. The van der Waals surface area contributed by atoms with Crippen LogP contribution in [0.4, 0.5) is 0 Å². The number of rotatable bonds is 7. The highest BCUT2D eigenvalue weighted by molar-refractivity contribution is 5.79. The number of aliphatic imine (C=N–C) groups is 1. The summed E-state index contributed by atoms with van der Waals surface area (Å²) in [6.07, 6.45) is 2.80. The maximum atomic E-state index is 5.80. The van der Waals surface area contributed by atoms with Crippen molar-refractivity contribution < 1.29 is 9.15 Å². The summed E-state index contributed by atoms with van der Waals surface area (Å²) in [5.41, 5.74) is 1.26. The Hall–Kier alpha value is -2.50. The lowest BCUT2D eigenvalue weighted by Crippen LogP contribution is -2.37. The van der Waals surface area contributed by atoms with Crippen molar-refractivity contribution in [1.29, 1.82) is 0 Å². The highest BCUT2D eigenvalue weighted by Crippen LogP contribution is 2.23. The highest BCUT2D eigenvalue weighted by Gasteiger charge is 2.19. The second-order valence-corrected chi connectivity index (χ2v) is 7.68. The van der Waals surface area contributed by atoms with Crippen LogP contribution in [-0.4, -0.2) is 31.6 Å². The van der Waals surface area contributed by atoms with E-state index in [1.165, 1.54) is 5.56 Å². The molecule has 6 heteroatoms. The summed E-state index contributed by atoms with van der Waals surface area (Å²) in [4.78, 5) is 8.59. The molecule has 0 aliphatic heterocycles. The maximum absolute atomic E-state index is 5.80. The molecular formula is C21H32N4O2. The van der Waals surface area contributed by atoms with Crippen LogP contribution in [0.1, 0.15) is 57.2 Å². The number of aromatic nitrogens is 1. The average Bonchev–Trinajstić information content (AvgIpc) is 3.14. The molecule has 1 heterocycles. The van der Waals surface area contributed by atoms with Crippen LogP contribution < -0.4 is 15.4 Å². The smallest absolute Gasteiger partial charge is 0.213 e. The quantitative estimate of drug-likeness (QED) is 0.571. The van der Waals surface area contributed by atoms with Crippen LogP contribution in [-0.2, 0) is 12.0 Å². The summed E-state index contributed by atoms with van der Waals surface area (Å²) in [5, 5.41) is 6.59. The topological polar surface area (TPSA) is 71.7 Å². The molecule has 1 unspecified atom stereocenters. The lowest BCUT2D eigenvalue weighted by molar-refractivity contribution is 0.379. The molecule has 6 nitrogen and oxygen atoms in total. The molecule has 2 aromatic rings. The fraction of sp³-hybridized carbons (Fsp3) is 0.524. The standard InChI is InChI=1S/C21H32N4O2/c1-15(16-7-9-17(26-6)10-8-16)11-12-23-20(22-5)25-14-19-24-13-18(27-19)21(2,3)4/h7-10,13,15H,11-12,14H2,1-6H3,(H2,22,23,25). The molecule has 0 aliphatic rings. The van der Waals surface area contributed by atoms with Crippen LogP contribution >= 0.6 is 0 Å². The Morgan fingerprint density at radius 1 is 1.22 bits per heavy atom. The summed E-state index contributed by atoms with van der Waals surface area (Å²) in [6, 6.07) is 8.24. The van der Waals surface area contributed by atoms with E-state index in [1.807, 2.05) is 12.1 Å². The lowest BCUT2D eigenvalue weighted by Gasteiger charge is -2.15. The maximum Gasteiger partial charge on any atom is 0.213 e. The van der Waals surface area contributed by atoms with E-state index in [9.17, 15) is 0 Å². The third-order valence-corrected chi connectivity index (χ3v) is 4.48. The van der Waals surface area contributed by atoms with E-state index < -0.39 is 0 Å². The summed E-state index contributed by atoms with van der Waals surface area (Å²) in [6.45, 7) is 9.87. The van der Waals surface area contributed by atoms with Crippen LogP contribution in [0.5, 0.6) is 5.75 Å². The Labute approximate surface area is 162 Å².